The van der Waals surface area contributed by atoms with E-state index in [-0.39, 0.29) is 11.3 Å². The SMILES string of the molecule is CC(=O)c1cccc(Nc2cc(C(=O)Nc3c(F)cccc3F)ccn2)c1. The molecule has 1 heterocycles. The fourth-order valence-corrected chi connectivity index (χ4v) is 2.41. The largest absolute Gasteiger partial charge is 0.340 e. The third-order valence-corrected chi connectivity index (χ3v) is 3.76. The van der Waals surface area contributed by atoms with E-state index >= 15 is 0 Å². The predicted octanol–water partition coefficient (Wildman–Crippen LogP) is 4.56. The number of amides is 1. The van der Waals surface area contributed by atoms with Gasteiger partial charge in [0.25, 0.3) is 5.91 Å². The second-order valence-corrected chi connectivity index (χ2v) is 5.74. The van der Waals surface area contributed by atoms with Crippen LogP contribution in [0.3, 0.4) is 0 Å². The number of Topliss-reactive ketones (excluding diaryl/α,β-unsaturated/α-hetero) is 1. The van der Waals surface area contributed by atoms with Crippen LogP contribution in [0.25, 0.3) is 0 Å². The van der Waals surface area contributed by atoms with Crippen molar-refractivity contribution in [2.75, 3.05) is 10.6 Å². The number of para-hydroxylation sites is 1. The molecule has 1 aromatic heterocycles. The molecule has 0 radical (unpaired) electrons. The molecular formula is C20H15F2N3O2. The van der Waals surface area contributed by atoms with Crippen molar-refractivity contribution < 1.29 is 18.4 Å². The van der Waals surface area contributed by atoms with Crippen molar-refractivity contribution in [2.24, 2.45) is 0 Å². The van der Waals surface area contributed by atoms with Crippen LogP contribution in [-0.4, -0.2) is 16.7 Å². The summed E-state index contributed by atoms with van der Waals surface area (Å²) >= 11 is 0. The number of hydrogen-bond donors (Lipinski definition) is 2. The number of benzene rings is 2. The number of anilines is 3. The number of pyridine rings is 1. The molecule has 3 rings (SSSR count). The first kappa shape index (κ1) is 18.2. The van der Waals surface area contributed by atoms with E-state index in [1.54, 1.807) is 24.3 Å². The average Bonchev–Trinajstić information content (AvgIpc) is 2.65. The Hall–Kier alpha value is -3.61. The maximum atomic E-state index is 13.7. The van der Waals surface area contributed by atoms with Crippen LogP contribution in [0.2, 0.25) is 0 Å². The molecule has 0 aliphatic rings. The van der Waals surface area contributed by atoms with Crippen molar-refractivity contribution in [1.82, 2.24) is 4.98 Å². The summed E-state index contributed by atoms with van der Waals surface area (Å²) in [6.45, 7) is 1.46. The molecule has 2 aromatic carbocycles. The quantitative estimate of drug-likeness (QED) is 0.649. The van der Waals surface area contributed by atoms with Crippen molar-refractivity contribution >= 4 is 28.9 Å². The third-order valence-electron chi connectivity index (χ3n) is 3.76. The van der Waals surface area contributed by atoms with Gasteiger partial charge in [0, 0.05) is 23.0 Å². The highest BCUT2D eigenvalue weighted by molar-refractivity contribution is 6.04. The number of nitrogens with one attached hydrogen (secondary N) is 2. The highest BCUT2D eigenvalue weighted by atomic mass is 19.1. The normalized spacial score (nSPS) is 10.3. The van der Waals surface area contributed by atoms with Gasteiger partial charge in [-0.1, -0.05) is 18.2 Å². The molecule has 3 aromatic rings. The Morgan fingerprint density at radius 3 is 2.33 bits per heavy atom. The van der Waals surface area contributed by atoms with Crippen LogP contribution in [-0.2, 0) is 0 Å². The van der Waals surface area contributed by atoms with Gasteiger partial charge in [-0.15, -0.1) is 0 Å². The third kappa shape index (κ3) is 4.33. The van der Waals surface area contributed by atoms with E-state index in [0.717, 1.165) is 12.1 Å². The van der Waals surface area contributed by atoms with E-state index in [0.29, 0.717) is 17.1 Å². The second-order valence-electron chi connectivity index (χ2n) is 5.74. The number of nitrogens with zero attached hydrogens (tertiary/aromatic N) is 1. The number of halogens is 2. The lowest BCUT2D eigenvalue weighted by molar-refractivity contribution is 0.101. The Morgan fingerprint density at radius 2 is 1.63 bits per heavy atom. The molecule has 7 heteroatoms. The maximum Gasteiger partial charge on any atom is 0.256 e. The lowest BCUT2D eigenvalue weighted by atomic mass is 10.1. The molecule has 2 N–H and O–H groups in total. The van der Waals surface area contributed by atoms with Gasteiger partial charge in [0.2, 0.25) is 0 Å². The topological polar surface area (TPSA) is 71.1 Å². The summed E-state index contributed by atoms with van der Waals surface area (Å²) in [5.41, 5.74) is 0.803. The molecule has 0 saturated heterocycles. The zero-order valence-electron chi connectivity index (χ0n) is 14.3. The molecule has 0 bridgehead atoms. The van der Waals surface area contributed by atoms with Crippen molar-refractivity contribution in [1.29, 1.82) is 0 Å². The summed E-state index contributed by atoms with van der Waals surface area (Å²) in [7, 11) is 0. The van der Waals surface area contributed by atoms with Gasteiger partial charge in [-0.3, -0.25) is 9.59 Å². The minimum absolute atomic E-state index is 0.0772. The molecule has 136 valence electrons. The van der Waals surface area contributed by atoms with Crippen LogP contribution in [0.4, 0.5) is 26.0 Å². The zero-order valence-corrected chi connectivity index (χ0v) is 14.3. The molecule has 27 heavy (non-hydrogen) atoms. The lowest BCUT2D eigenvalue weighted by Crippen LogP contribution is -2.14. The molecule has 1 amide bonds. The van der Waals surface area contributed by atoms with Crippen molar-refractivity contribution in [3.05, 3.63) is 83.6 Å². The summed E-state index contributed by atoms with van der Waals surface area (Å²) in [6.07, 6.45) is 1.39. The van der Waals surface area contributed by atoms with Gasteiger partial charge in [-0.05, 0) is 43.3 Å². The molecule has 0 spiro atoms. The van der Waals surface area contributed by atoms with Crippen molar-refractivity contribution in [2.45, 2.75) is 6.92 Å². The summed E-state index contributed by atoms with van der Waals surface area (Å²) in [6, 6.07) is 13.0. The first-order valence-corrected chi connectivity index (χ1v) is 8.03. The molecule has 5 nitrogen and oxygen atoms in total. The summed E-state index contributed by atoms with van der Waals surface area (Å²) in [5, 5.41) is 5.21. The van der Waals surface area contributed by atoms with Gasteiger partial charge in [-0.2, -0.15) is 0 Å². The van der Waals surface area contributed by atoms with Crippen LogP contribution in [0.1, 0.15) is 27.6 Å². The Bertz CT molecular complexity index is 1000. The Kier molecular flexibility index (Phi) is 5.21. The van der Waals surface area contributed by atoms with Gasteiger partial charge in [0.1, 0.15) is 23.1 Å². The lowest BCUT2D eigenvalue weighted by Gasteiger charge is -2.10. The Labute approximate surface area is 154 Å². The summed E-state index contributed by atoms with van der Waals surface area (Å²) < 4.78 is 27.4. The van der Waals surface area contributed by atoms with Crippen LogP contribution in [0.5, 0.6) is 0 Å². The van der Waals surface area contributed by atoms with Gasteiger partial charge in [0.15, 0.2) is 5.78 Å². The molecule has 0 aliphatic heterocycles. The summed E-state index contributed by atoms with van der Waals surface area (Å²) in [4.78, 5) is 27.9. The molecule has 0 saturated carbocycles. The van der Waals surface area contributed by atoms with Crippen LogP contribution < -0.4 is 10.6 Å². The van der Waals surface area contributed by atoms with E-state index < -0.39 is 23.2 Å². The molecule has 0 unspecified atom stereocenters. The highest BCUT2D eigenvalue weighted by Gasteiger charge is 2.14. The average molecular weight is 367 g/mol. The Balaban J connectivity index is 1.80. The standard InChI is InChI=1S/C20H15F2N3O2/c1-12(26)13-4-2-5-15(10-13)24-18-11-14(8-9-23-18)20(27)25-19-16(21)6-3-7-17(19)22/h2-11H,1H3,(H,23,24)(H,25,27). The molecule has 0 fully saturated rings. The number of carbonyl (C=O) groups excluding carboxylic acids is 2. The van der Waals surface area contributed by atoms with E-state index in [4.69, 9.17) is 0 Å². The summed E-state index contributed by atoms with van der Waals surface area (Å²) in [5.74, 6) is -2.14. The maximum absolute atomic E-state index is 13.7. The number of carbonyl (C=O) groups is 2. The number of aromatic nitrogens is 1. The molecule has 0 atom stereocenters. The van der Waals surface area contributed by atoms with Crippen LogP contribution in [0, 0.1) is 11.6 Å². The van der Waals surface area contributed by atoms with Gasteiger partial charge in [-0.25, -0.2) is 13.8 Å². The zero-order chi connectivity index (χ0) is 19.4. The second kappa shape index (κ2) is 7.74. The van der Waals surface area contributed by atoms with E-state index in [9.17, 15) is 18.4 Å². The first-order chi connectivity index (χ1) is 12.9. The monoisotopic (exact) mass is 367 g/mol. The first-order valence-electron chi connectivity index (χ1n) is 8.03. The van der Waals surface area contributed by atoms with Crippen LogP contribution >= 0.6 is 0 Å². The smallest absolute Gasteiger partial charge is 0.256 e. The highest BCUT2D eigenvalue weighted by Crippen LogP contribution is 2.21. The Morgan fingerprint density at radius 1 is 0.926 bits per heavy atom. The minimum atomic E-state index is -0.864. The van der Waals surface area contributed by atoms with E-state index in [2.05, 4.69) is 15.6 Å². The van der Waals surface area contributed by atoms with Gasteiger partial charge < -0.3 is 10.6 Å². The van der Waals surface area contributed by atoms with Crippen molar-refractivity contribution in [3.8, 4) is 0 Å². The van der Waals surface area contributed by atoms with E-state index in [1.165, 1.54) is 31.3 Å². The number of hydrogen-bond acceptors (Lipinski definition) is 4. The predicted molar refractivity (Wildman–Crippen MR) is 98.3 cm³/mol. The fraction of sp³-hybridized carbons (Fsp3) is 0.0500. The van der Waals surface area contributed by atoms with Crippen molar-refractivity contribution in [3.63, 3.8) is 0 Å². The van der Waals surface area contributed by atoms with Gasteiger partial charge in [0.05, 0.1) is 0 Å². The molecular weight excluding hydrogens is 352 g/mol. The fourth-order valence-electron chi connectivity index (χ4n) is 2.41. The van der Waals surface area contributed by atoms with Gasteiger partial charge >= 0.3 is 0 Å². The van der Waals surface area contributed by atoms with Crippen LogP contribution in [0.15, 0.2) is 60.8 Å². The number of rotatable bonds is 5. The molecule has 0 aliphatic carbocycles. The number of ketones is 1. The minimum Gasteiger partial charge on any atom is -0.340 e. The van der Waals surface area contributed by atoms with E-state index in [1.807, 2.05) is 0 Å².